The number of nitrogens with zero attached hydrogens (tertiary/aromatic N) is 1. The van der Waals surface area contributed by atoms with Gasteiger partial charge in [0.2, 0.25) is 0 Å². The molecule has 0 amide bonds. The molecule has 0 bridgehead atoms. The van der Waals surface area contributed by atoms with E-state index < -0.39 is 10.0 Å². The number of nitrogens with one attached hydrogen (secondary N) is 1. The summed E-state index contributed by atoms with van der Waals surface area (Å²) in [7, 11) is -3.38. The first-order valence-corrected chi connectivity index (χ1v) is 9.80. The highest BCUT2D eigenvalue weighted by Gasteiger charge is 2.29. The highest BCUT2D eigenvalue weighted by atomic mass is 32.2. The van der Waals surface area contributed by atoms with Crippen LogP contribution < -0.4 is 5.32 Å². The summed E-state index contributed by atoms with van der Waals surface area (Å²) in [6, 6.07) is 2.44. The lowest BCUT2D eigenvalue weighted by molar-refractivity contribution is 0.0752. The molecule has 1 unspecified atom stereocenters. The molecule has 1 atom stereocenters. The molecule has 0 radical (unpaired) electrons. The molecule has 7 heteroatoms. The molecule has 118 valence electrons. The Kier molecular flexibility index (Phi) is 4.66. The average Bonchev–Trinajstić information content (AvgIpc) is 3.19. The van der Waals surface area contributed by atoms with E-state index in [-0.39, 0.29) is 6.10 Å². The van der Waals surface area contributed by atoms with E-state index in [2.05, 4.69) is 5.32 Å². The summed E-state index contributed by atoms with van der Waals surface area (Å²) in [6.45, 7) is 4.30. The van der Waals surface area contributed by atoms with Gasteiger partial charge in [0.1, 0.15) is 4.21 Å². The Bertz CT molecular complexity index is 581. The summed E-state index contributed by atoms with van der Waals surface area (Å²) in [5, 5.41) is 5.36. The third kappa shape index (κ3) is 3.84. The van der Waals surface area contributed by atoms with Crippen LogP contribution in [-0.2, 0) is 21.3 Å². The van der Waals surface area contributed by atoms with E-state index in [0.717, 1.165) is 18.5 Å². The van der Waals surface area contributed by atoms with Gasteiger partial charge >= 0.3 is 0 Å². The molecular formula is C14H22N2O3S2. The van der Waals surface area contributed by atoms with Crippen LogP contribution in [0, 0.1) is 0 Å². The summed E-state index contributed by atoms with van der Waals surface area (Å²) in [5.74, 6) is 0. The zero-order valence-electron chi connectivity index (χ0n) is 12.2. The van der Waals surface area contributed by atoms with Gasteiger partial charge in [-0.05, 0) is 43.2 Å². The number of thiophene rings is 1. The van der Waals surface area contributed by atoms with Crippen molar-refractivity contribution in [2.24, 2.45) is 0 Å². The van der Waals surface area contributed by atoms with Gasteiger partial charge in [0.05, 0.1) is 6.10 Å². The molecule has 0 aromatic carbocycles. The van der Waals surface area contributed by atoms with E-state index in [1.807, 2.05) is 18.4 Å². The molecule has 1 saturated carbocycles. The fourth-order valence-corrected chi connectivity index (χ4v) is 5.35. The fourth-order valence-electron chi connectivity index (χ4n) is 2.43. The number of ether oxygens (including phenoxy) is 1. The first kappa shape index (κ1) is 15.4. The van der Waals surface area contributed by atoms with Crippen molar-refractivity contribution in [1.82, 2.24) is 9.62 Å². The molecule has 2 fully saturated rings. The number of hydrogen-bond acceptors (Lipinski definition) is 5. The fraction of sp³-hybridized carbons (Fsp3) is 0.714. The normalized spacial score (nSPS) is 24.9. The average molecular weight is 330 g/mol. The smallest absolute Gasteiger partial charge is 0.252 e. The molecule has 1 aromatic heterocycles. The van der Waals surface area contributed by atoms with Crippen LogP contribution in [0.25, 0.3) is 0 Å². The molecule has 1 saturated heterocycles. The van der Waals surface area contributed by atoms with Gasteiger partial charge in [-0.3, -0.25) is 0 Å². The Hall–Kier alpha value is -0.470. The lowest BCUT2D eigenvalue weighted by atomic mass is 10.3. The first-order chi connectivity index (χ1) is 10.1. The van der Waals surface area contributed by atoms with Crippen molar-refractivity contribution in [3.8, 4) is 0 Å². The standard InChI is InChI=1S/C14H22N2O3S2/c1-11-9-16(5-2-6-19-11)21(17,18)14-7-12(10-20-14)8-15-13-3-4-13/h7,10-11,13,15H,2-6,8-9H2,1H3. The predicted molar refractivity (Wildman–Crippen MR) is 83.0 cm³/mol. The number of hydrogen-bond donors (Lipinski definition) is 1. The molecule has 1 N–H and O–H groups in total. The number of sulfonamides is 1. The van der Waals surface area contributed by atoms with Gasteiger partial charge < -0.3 is 10.1 Å². The van der Waals surface area contributed by atoms with Gasteiger partial charge in [-0.15, -0.1) is 11.3 Å². The van der Waals surface area contributed by atoms with Crippen LogP contribution >= 0.6 is 11.3 Å². The zero-order valence-corrected chi connectivity index (χ0v) is 13.9. The summed E-state index contributed by atoms with van der Waals surface area (Å²) < 4.78 is 33.0. The largest absolute Gasteiger partial charge is 0.377 e. The molecule has 21 heavy (non-hydrogen) atoms. The van der Waals surface area contributed by atoms with E-state index in [0.29, 0.717) is 29.9 Å². The van der Waals surface area contributed by atoms with Crippen LogP contribution in [0.5, 0.6) is 0 Å². The van der Waals surface area contributed by atoms with E-state index in [4.69, 9.17) is 4.74 Å². The van der Waals surface area contributed by atoms with E-state index in [9.17, 15) is 8.42 Å². The SMILES string of the molecule is CC1CN(S(=O)(=O)c2cc(CNC3CC3)cs2)CCCO1. The zero-order chi connectivity index (χ0) is 14.9. The van der Waals surface area contributed by atoms with Gasteiger partial charge in [-0.25, -0.2) is 8.42 Å². The quantitative estimate of drug-likeness (QED) is 0.894. The highest BCUT2D eigenvalue weighted by Crippen LogP contribution is 2.26. The van der Waals surface area contributed by atoms with Crippen LogP contribution in [0.2, 0.25) is 0 Å². The minimum Gasteiger partial charge on any atom is -0.377 e. The first-order valence-electron chi connectivity index (χ1n) is 7.48. The van der Waals surface area contributed by atoms with Crippen LogP contribution in [0.15, 0.2) is 15.7 Å². The molecule has 5 nitrogen and oxygen atoms in total. The predicted octanol–water partition coefficient (Wildman–Crippen LogP) is 1.80. The molecule has 1 aliphatic heterocycles. The molecule has 1 aromatic rings. The van der Waals surface area contributed by atoms with Crippen molar-refractivity contribution in [3.63, 3.8) is 0 Å². The third-order valence-corrected chi connectivity index (χ3v) is 7.14. The second-order valence-electron chi connectivity index (χ2n) is 5.83. The van der Waals surface area contributed by atoms with Crippen molar-refractivity contribution < 1.29 is 13.2 Å². The van der Waals surface area contributed by atoms with Crippen molar-refractivity contribution in [2.45, 2.75) is 49.1 Å². The van der Waals surface area contributed by atoms with Crippen LogP contribution in [0.4, 0.5) is 0 Å². The van der Waals surface area contributed by atoms with Crippen molar-refractivity contribution in [1.29, 1.82) is 0 Å². The molecule has 3 rings (SSSR count). The molecule has 1 aliphatic carbocycles. The topological polar surface area (TPSA) is 58.6 Å². The van der Waals surface area contributed by atoms with Gasteiger partial charge in [-0.1, -0.05) is 0 Å². The van der Waals surface area contributed by atoms with E-state index >= 15 is 0 Å². The van der Waals surface area contributed by atoms with Gasteiger partial charge in [-0.2, -0.15) is 4.31 Å². The molecule has 2 aliphatic rings. The Morgan fingerprint density at radius 1 is 1.48 bits per heavy atom. The summed E-state index contributed by atoms with van der Waals surface area (Å²) in [5.41, 5.74) is 1.06. The Morgan fingerprint density at radius 3 is 3.05 bits per heavy atom. The molecule has 0 spiro atoms. The van der Waals surface area contributed by atoms with Crippen LogP contribution in [-0.4, -0.2) is 44.6 Å². The van der Waals surface area contributed by atoms with Crippen LogP contribution in [0.3, 0.4) is 0 Å². The molecular weight excluding hydrogens is 308 g/mol. The maximum Gasteiger partial charge on any atom is 0.252 e. The Labute approximate surface area is 130 Å². The van der Waals surface area contributed by atoms with Gasteiger partial charge in [0, 0.05) is 32.3 Å². The summed E-state index contributed by atoms with van der Waals surface area (Å²) in [4.78, 5) is 0. The number of rotatable bonds is 5. The van der Waals surface area contributed by atoms with Gasteiger partial charge in [0.15, 0.2) is 0 Å². The minimum atomic E-state index is -3.38. The van der Waals surface area contributed by atoms with Crippen molar-refractivity contribution in [2.75, 3.05) is 19.7 Å². The van der Waals surface area contributed by atoms with Crippen molar-refractivity contribution in [3.05, 3.63) is 17.0 Å². The monoisotopic (exact) mass is 330 g/mol. The minimum absolute atomic E-state index is 0.0433. The van der Waals surface area contributed by atoms with Crippen molar-refractivity contribution >= 4 is 21.4 Å². The Morgan fingerprint density at radius 2 is 2.29 bits per heavy atom. The van der Waals surface area contributed by atoms with Gasteiger partial charge in [0.25, 0.3) is 10.0 Å². The second kappa shape index (κ2) is 6.34. The Balaban J connectivity index is 1.70. The maximum atomic E-state index is 12.7. The summed E-state index contributed by atoms with van der Waals surface area (Å²) >= 11 is 1.32. The van der Waals surface area contributed by atoms with E-state index in [1.165, 1.54) is 24.2 Å². The van der Waals surface area contributed by atoms with Crippen LogP contribution in [0.1, 0.15) is 31.7 Å². The third-order valence-electron chi connectivity index (χ3n) is 3.81. The maximum absolute atomic E-state index is 12.7. The molecule has 2 heterocycles. The highest BCUT2D eigenvalue weighted by molar-refractivity contribution is 7.91. The summed E-state index contributed by atoms with van der Waals surface area (Å²) in [6.07, 6.45) is 3.19. The van der Waals surface area contributed by atoms with E-state index in [1.54, 1.807) is 4.31 Å². The second-order valence-corrected chi connectivity index (χ2v) is 8.90. The lowest BCUT2D eigenvalue weighted by Crippen LogP contribution is -2.35. The lowest BCUT2D eigenvalue weighted by Gasteiger charge is -2.20.